The number of rotatable bonds is 6. The molecule has 23 heavy (non-hydrogen) atoms. The topological polar surface area (TPSA) is 115 Å². The minimum atomic E-state index is -4.02. The average Bonchev–Trinajstić information content (AvgIpc) is 2.46. The molecule has 0 radical (unpaired) electrons. The lowest BCUT2D eigenvalue weighted by Crippen LogP contribution is -2.13. The zero-order valence-corrected chi connectivity index (χ0v) is 12.7. The fourth-order valence-electron chi connectivity index (χ4n) is 2.02. The van der Waals surface area contributed by atoms with Crippen molar-refractivity contribution in [2.24, 2.45) is 5.14 Å². The van der Waals surface area contributed by atoms with Gasteiger partial charge in [-0.15, -0.1) is 0 Å². The Kier molecular flexibility index (Phi) is 4.92. The van der Waals surface area contributed by atoms with Crippen molar-refractivity contribution in [3.63, 3.8) is 0 Å². The van der Waals surface area contributed by atoms with Crippen molar-refractivity contribution < 1.29 is 17.7 Å². The van der Waals surface area contributed by atoms with Crippen molar-refractivity contribution in [2.75, 3.05) is 11.9 Å². The Morgan fingerprint density at radius 1 is 1.22 bits per heavy atom. The van der Waals surface area contributed by atoms with Crippen LogP contribution in [0.25, 0.3) is 0 Å². The normalized spacial score (nSPS) is 11.2. The highest BCUT2D eigenvalue weighted by Gasteiger charge is 2.18. The molecule has 2 aromatic carbocycles. The molecule has 9 heteroatoms. The molecule has 122 valence electrons. The smallest absolute Gasteiger partial charge is 0.293 e. The van der Waals surface area contributed by atoms with Gasteiger partial charge >= 0.3 is 0 Å². The number of anilines is 1. The van der Waals surface area contributed by atoms with Crippen LogP contribution in [0.2, 0.25) is 0 Å². The van der Waals surface area contributed by atoms with Crippen molar-refractivity contribution >= 4 is 21.4 Å². The second kappa shape index (κ2) is 6.71. The zero-order valence-electron chi connectivity index (χ0n) is 11.9. The summed E-state index contributed by atoms with van der Waals surface area (Å²) in [4.78, 5) is 10.0. The van der Waals surface area contributed by atoms with Gasteiger partial charge in [-0.05, 0) is 36.2 Å². The number of sulfonamides is 1. The molecule has 0 saturated heterocycles. The van der Waals surface area contributed by atoms with E-state index in [-0.39, 0.29) is 16.4 Å². The van der Waals surface area contributed by atoms with E-state index >= 15 is 0 Å². The van der Waals surface area contributed by atoms with Crippen LogP contribution in [0.5, 0.6) is 0 Å². The quantitative estimate of drug-likeness (QED) is 0.617. The minimum absolute atomic E-state index is 0.166. The molecule has 0 aliphatic heterocycles. The van der Waals surface area contributed by atoms with Crippen molar-refractivity contribution in [1.82, 2.24) is 0 Å². The van der Waals surface area contributed by atoms with Crippen LogP contribution in [0, 0.1) is 15.9 Å². The Bertz CT molecular complexity index is 840. The van der Waals surface area contributed by atoms with E-state index in [9.17, 15) is 22.9 Å². The average molecular weight is 339 g/mol. The fraction of sp³-hybridized carbons (Fsp3) is 0.143. The van der Waals surface area contributed by atoms with Gasteiger partial charge < -0.3 is 5.32 Å². The Labute approximate surface area is 132 Å². The lowest BCUT2D eigenvalue weighted by atomic mass is 10.1. The second-order valence-electron chi connectivity index (χ2n) is 4.79. The number of nitro benzene ring substituents is 1. The lowest BCUT2D eigenvalue weighted by Gasteiger charge is -2.08. The highest BCUT2D eigenvalue weighted by atomic mass is 32.2. The summed E-state index contributed by atoms with van der Waals surface area (Å²) in [7, 11) is -4.02. The van der Waals surface area contributed by atoms with E-state index in [0.29, 0.717) is 13.0 Å². The van der Waals surface area contributed by atoms with Gasteiger partial charge in [0, 0.05) is 12.6 Å². The van der Waals surface area contributed by atoms with E-state index in [1.165, 1.54) is 24.3 Å². The van der Waals surface area contributed by atoms with Crippen molar-refractivity contribution in [2.45, 2.75) is 11.3 Å². The molecule has 3 N–H and O–H groups in total. The van der Waals surface area contributed by atoms with Crippen LogP contribution in [-0.2, 0) is 16.4 Å². The summed E-state index contributed by atoms with van der Waals surface area (Å²) < 4.78 is 35.6. The molecule has 0 aromatic heterocycles. The highest BCUT2D eigenvalue weighted by molar-refractivity contribution is 7.89. The first-order valence-electron chi connectivity index (χ1n) is 6.57. The van der Waals surface area contributed by atoms with Gasteiger partial charge in [0.15, 0.2) is 0 Å². The van der Waals surface area contributed by atoms with Crippen LogP contribution in [0.15, 0.2) is 47.4 Å². The largest absolute Gasteiger partial charge is 0.379 e. The van der Waals surface area contributed by atoms with Crippen LogP contribution in [0.1, 0.15) is 5.56 Å². The number of hydrogen-bond donors (Lipinski definition) is 2. The first-order valence-corrected chi connectivity index (χ1v) is 8.11. The van der Waals surface area contributed by atoms with Gasteiger partial charge in [-0.1, -0.05) is 12.1 Å². The number of hydrogen-bond acceptors (Lipinski definition) is 5. The first-order chi connectivity index (χ1) is 10.8. The van der Waals surface area contributed by atoms with Crippen LogP contribution in [0.4, 0.5) is 15.8 Å². The van der Waals surface area contributed by atoms with Crippen LogP contribution in [-0.4, -0.2) is 19.9 Å². The van der Waals surface area contributed by atoms with Crippen LogP contribution >= 0.6 is 0 Å². The summed E-state index contributed by atoms with van der Waals surface area (Å²) >= 11 is 0. The van der Waals surface area contributed by atoms with E-state index in [4.69, 9.17) is 5.14 Å². The fourth-order valence-corrected chi connectivity index (χ4v) is 2.56. The second-order valence-corrected chi connectivity index (χ2v) is 6.35. The predicted molar refractivity (Wildman–Crippen MR) is 83.1 cm³/mol. The number of nitrogens with two attached hydrogens (primary N) is 1. The zero-order chi connectivity index (χ0) is 17.0. The third kappa shape index (κ3) is 4.47. The predicted octanol–water partition coefficient (Wildman–Crippen LogP) is 2.04. The Morgan fingerprint density at radius 3 is 2.57 bits per heavy atom. The van der Waals surface area contributed by atoms with Crippen LogP contribution in [0.3, 0.4) is 0 Å². The monoisotopic (exact) mass is 339 g/mol. The Hall–Kier alpha value is -2.52. The summed E-state index contributed by atoms with van der Waals surface area (Å²) in [5.41, 5.74) is 0.510. The maximum atomic E-state index is 13.1. The first kappa shape index (κ1) is 16.8. The van der Waals surface area contributed by atoms with Crippen LogP contribution < -0.4 is 10.5 Å². The minimum Gasteiger partial charge on any atom is -0.379 e. The van der Waals surface area contributed by atoms with Gasteiger partial charge in [0.2, 0.25) is 10.0 Å². The maximum Gasteiger partial charge on any atom is 0.293 e. The third-order valence-electron chi connectivity index (χ3n) is 3.11. The molecule has 7 nitrogen and oxygen atoms in total. The summed E-state index contributed by atoms with van der Waals surface area (Å²) in [6.07, 6.45) is 0.450. The molecular weight excluding hydrogens is 325 g/mol. The molecule has 0 unspecified atom stereocenters. The van der Waals surface area contributed by atoms with Crippen molar-refractivity contribution in [3.8, 4) is 0 Å². The number of nitrogens with one attached hydrogen (secondary N) is 1. The Morgan fingerprint density at radius 2 is 1.96 bits per heavy atom. The molecule has 0 amide bonds. The van der Waals surface area contributed by atoms with Gasteiger partial charge in [0.05, 0.1) is 9.82 Å². The van der Waals surface area contributed by atoms with E-state index in [1.54, 1.807) is 12.1 Å². The molecule has 0 spiro atoms. The number of benzene rings is 2. The summed E-state index contributed by atoms with van der Waals surface area (Å²) in [6.45, 7) is 0.318. The van der Waals surface area contributed by atoms with E-state index in [1.807, 2.05) is 0 Å². The summed E-state index contributed by atoms with van der Waals surface area (Å²) in [5, 5.41) is 18.9. The summed E-state index contributed by atoms with van der Waals surface area (Å²) in [6, 6.07) is 9.39. The van der Waals surface area contributed by atoms with Gasteiger partial charge in [0.25, 0.3) is 5.69 Å². The van der Waals surface area contributed by atoms with E-state index < -0.39 is 20.6 Å². The molecule has 0 saturated carbocycles. The van der Waals surface area contributed by atoms with Crippen molar-refractivity contribution in [3.05, 3.63) is 64.0 Å². The number of nitrogens with zero attached hydrogens (tertiary/aromatic N) is 1. The number of nitro groups is 1. The van der Waals surface area contributed by atoms with Gasteiger partial charge in [-0.3, -0.25) is 10.1 Å². The lowest BCUT2D eigenvalue weighted by molar-refractivity contribution is -0.384. The summed E-state index contributed by atoms with van der Waals surface area (Å²) in [5.74, 6) is -0.356. The van der Waals surface area contributed by atoms with Gasteiger partial charge in [0.1, 0.15) is 11.5 Å². The van der Waals surface area contributed by atoms with E-state index in [0.717, 1.165) is 11.6 Å². The molecule has 0 aliphatic carbocycles. The molecule has 0 aliphatic rings. The number of primary sulfonamides is 1. The molecule has 0 heterocycles. The SMILES string of the molecule is NS(=O)(=O)c1ccc(NCCc2cccc(F)c2)c([N+](=O)[O-])c1. The number of halogens is 1. The standard InChI is InChI=1S/C14H14FN3O4S/c15-11-3-1-2-10(8-11)6-7-17-13-5-4-12(23(16,21)22)9-14(13)18(19)20/h1-5,8-9,17H,6-7H2,(H2,16,21,22). The molecule has 0 atom stereocenters. The highest BCUT2D eigenvalue weighted by Crippen LogP contribution is 2.27. The molecule has 0 bridgehead atoms. The van der Waals surface area contributed by atoms with Crippen molar-refractivity contribution in [1.29, 1.82) is 0 Å². The molecular formula is C14H14FN3O4S. The molecule has 0 fully saturated rings. The molecule has 2 rings (SSSR count). The van der Waals surface area contributed by atoms with Gasteiger partial charge in [-0.25, -0.2) is 17.9 Å². The molecule has 2 aromatic rings. The third-order valence-corrected chi connectivity index (χ3v) is 4.02. The Balaban J connectivity index is 2.15. The van der Waals surface area contributed by atoms with E-state index in [2.05, 4.69) is 5.32 Å². The maximum absolute atomic E-state index is 13.1. The van der Waals surface area contributed by atoms with Gasteiger partial charge in [-0.2, -0.15) is 0 Å².